The van der Waals surface area contributed by atoms with Crippen molar-refractivity contribution in [3.63, 3.8) is 0 Å². The van der Waals surface area contributed by atoms with Gasteiger partial charge in [-0.15, -0.1) is 0 Å². The topological polar surface area (TPSA) is 54.2 Å². The maximum atomic E-state index is 4.79. The molecular formula is C12H22N4O. The zero-order chi connectivity index (χ0) is 12.3. The second-order valence-electron chi connectivity index (χ2n) is 4.97. The number of hydrogen-bond donors (Lipinski definition) is 1. The molecule has 1 unspecified atom stereocenters. The molecule has 0 aliphatic carbocycles. The largest absolute Gasteiger partial charge is 0.343 e. The van der Waals surface area contributed by atoms with E-state index in [0.717, 1.165) is 38.3 Å². The van der Waals surface area contributed by atoms with Gasteiger partial charge in [0.05, 0.1) is 6.54 Å². The van der Waals surface area contributed by atoms with Gasteiger partial charge in [-0.05, 0) is 19.8 Å². The average molecular weight is 238 g/mol. The first-order valence-electron chi connectivity index (χ1n) is 6.43. The summed E-state index contributed by atoms with van der Waals surface area (Å²) in [7, 11) is 0. The average Bonchev–Trinajstić information content (AvgIpc) is 2.85. The lowest BCUT2D eigenvalue weighted by molar-refractivity contribution is 0.0718. The molecule has 1 aliphatic heterocycles. The standard InChI is InChI=1S/C12H22N4O/c1-4-12(5-2)8-16(10(3)6-14-12)7-11-13-9-17-15-11/h9-10,14H,4-8H2,1-3H3. The van der Waals surface area contributed by atoms with Gasteiger partial charge in [0, 0.05) is 24.7 Å². The SMILES string of the molecule is CCC1(CC)CN(Cc2ncon2)C(C)CN1. The molecule has 0 bridgehead atoms. The summed E-state index contributed by atoms with van der Waals surface area (Å²) in [6, 6.07) is 0.514. The smallest absolute Gasteiger partial charge is 0.213 e. The molecule has 1 aromatic heterocycles. The number of aromatic nitrogens is 2. The Morgan fingerprint density at radius 2 is 2.29 bits per heavy atom. The van der Waals surface area contributed by atoms with Crippen LogP contribution in [0.1, 0.15) is 39.4 Å². The van der Waals surface area contributed by atoms with Crippen molar-refractivity contribution in [3.8, 4) is 0 Å². The van der Waals surface area contributed by atoms with Crippen molar-refractivity contribution >= 4 is 0 Å². The molecule has 1 aliphatic rings. The van der Waals surface area contributed by atoms with Crippen LogP contribution in [0, 0.1) is 0 Å². The van der Waals surface area contributed by atoms with Crippen molar-refractivity contribution in [1.29, 1.82) is 0 Å². The lowest BCUT2D eigenvalue weighted by Gasteiger charge is -2.46. The number of nitrogens with one attached hydrogen (secondary N) is 1. The summed E-state index contributed by atoms with van der Waals surface area (Å²) in [5, 5.41) is 7.58. The minimum atomic E-state index is 0.246. The highest BCUT2D eigenvalue weighted by atomic mass is 16.5. The Bertz CT molecular complexity index is 334. The third-order valence-corrected chi connectivity index (χ3v) is 4.01. The van der Waals surface area contributed by atoms with Crippen LogP contribution in [0.3, 0.4) is 0 Å². The molecule has 1 N–H and O–H groups in total. The molecule has 96 valence electrons. The van der Waals surface area contributed by atoms with E-state index in [4.69, 9.17) is 4.52 Å². The molecule has 0 amide bonds. The van der Waals surface area contributed by atoms with E-state index in [9.17, 15) is 0 Å². The quantitative estimate of drug-likeness (QED) is 0.860. The summed E-state index contributed by atoms with van der Waals surface area (Å²) >= 11 is 0. The van der Waals surface area contributed by atoms with Gasteiger partial charge < -0.3 is 9.84 Å². The monoisotopic (exact) mass is 238 g/mol. The molecule has 1 aromatic rings. The van der Waals surface area contributed by atoms with Crippen molar-refractivity contribution < 1.29 is 4.52 Å². The van der Waals surface area contributed by atoms with E-state index in [2.05, 4.69) is 41.1 Å². The van der Waals surface area contributed by atoms with Crippen LogP contribution in [0.2, 0.25) is 0 Å². The van der Waals surface area contributed by atoms with Crippen LogP contribution in [-0.4, -0.2) is 39.7 Å². The molecule has 0 aromatic carbocycles. The summed E-state index contributed by atoms with van der Waals surface area (Å²) in [4.78, 5) is 6.54. The minimum Gasteiger partial charge on any atom is -0.343 e. The summed E-state index contributed by atoms with van der Waals surface area (Å²) < 4.78 is 4.79. The summed E-state index contributed by atoms with van der Waals surface area (Å²) in [6.07, 6.45) is 3.70. The summed E-state index contributed by atoms with van der Waals surface area (Å²) in [5.41, 5.74) is 0.246. The minimum absolute atomic E-state index is 0.246. The van der Waals surface area contributed by atoms with Crippen LogP contribution in [-0.2, 0) is 6.54 Å². The first-order chi connectivity index (χ1) is 8.19. The van der Waals surface area contributed by atoms with Gasteiger partial charge >= 0.3 is 0 Å². The van der Waals surface area contributed by atoms with Crippen LogP contribution < -0.4 is 5.32 Å². The van der Waals surface area contributed by atoms with E-state index in [0.29, 0.717) is 6.04 Å². The molecule has 0 saturated carbocycles. The zero-order valence-electron chi connectivity index (χ0n) is 10.9. The predicted molar refractivity (Wildman–Crippen MR) is 65.5 cm³/mol. The molecule has 1 atom stereocenters. The van der Waals surface area contributed by atoms with E-state index in [-0.39, 0.29) is 5.54 Å². The van der Waals surface area contributed by atoms with Gasteiger partial charge in [0.1, 0.15) is 0 Å². The predicted octanol–water partition coefficient (Wildman–Crippen LogP) is 1.42. The van der Waals surface area contributed by atoms with Crippen molar-refractivity contribution in [2.45, 2.75) is 51.7 Å². The first kappa shape index (κ1) is 12.5. The zero-order valence-corrected chi connectivity index (χ0v) is 10.9. The Balaban J connectivity index is 2.04. The van der Waals surface area contributed by atoms with Gasteiger partial charge in [0.25, 0.3) is 0 Å². The molecule has 5 nitrogen and oxygen atoms in total. The number of rotatable bonds is 4. The van der Waals surface area contributed by atoms with Gasteiger partial charge in [-0.2, -0.15) is 4.98 Å². The van der Waals surface area contributed by atoms with Crippen molar-refractivity contribution in [2.75, 3.05) is 13.1 Å². The van der Waals surface area contributed by atoms with E-state index < -0.39 is 0 Å². The Morgan fingerprint density at radius 3 is 2.88 bits per heavy atom. The van der Waals surface area contributed by atoms with Crippen molar-refractivity contribution in [2.24, 2.45) is 0 Å². The van der Waals surface area contributed by atoms with Crippen LogP contribution >= 0.6 is 0 Å². The van der Waals surface area contributed by atoms with Crippen LogP contribution in [0.15, 0.2) is 10.9 Å². The number of nitrogens with zero attached hydrogens (tertiary/aromatic N) is 3. The van der Waals surface area contributed by atoms with Crippen molar-refractivity contribution in [1.82, 2.24) is 20.4 Å². The van der Waals surface area contributed by atoms with E-state index >= 15 is 0 Å². The lowest BCUT2D eigenvalue weighted by atomic mass is 9.89. The first-order valence-corrected chi connectivity index (χ1v) is 6.43. The van der Waals surface area contributed by atoms with Gasteiger partial charge in [0.15, 0.2) is 5.82 Å². The fourth-order valence-corrected chi connectivity index (χ4v) is 2.47. The highest BCUT2D eigenvalue weighted by Crippen LogP contribution is 2.23. The van der Waals surface area contributed by atoms with Gasteiger partial charge in [-0.25, -0.2) is 0 Å². The molecule has 1 saturated heterocycles. The Labute approximate surface area is 103 Å². The lowest BCUT2D eigenvalue weighted by Crippen LogP contribution is -2.62. The van der Waals surface area contributed by atoms with Crippen LogP contribution in [0.5, 0.6) is 0 Å². The van der Waals surface area contributed by atoms with Crippen LogP contribution in [0.4, 0.5) is 0 Å². The molecule has 0 radical (unpaired) electrons. The Morgan fingerprint density at radius 1 is 1.53 bits per heavy atom. The molecule has 5 heteroatoms. The molecular weight excluding hydrogens is 216 g/mol. The number of piperazine rings is 1. The summed E-state index contributed by atoms with van der Waals surface area (Å²) in [6.45, 7) is 9.59. The third-order valence-electron chi connectivity index (χ3n) is 4.01. The van der Waals surface area contributed by atoms with Gasteiger partial charge in [-0.3, -0.25) is 4.90 Å². The maximum Gasteiger partial charge on any atom is 0.213 e. The molecule has 2 rings (SSSR count). The van der Waals surface area contributed by atoms with E-state index in [1.54, 1.807) is 0 Å². The summed E-state index contributed by atoms with van der Waals surface area (Å²) in [5.74, 6) is 0.778. The van der Waals surface area contributed by atoms with Gasteiger partial charge in [-0.1, -0.05) is 19.0 Å². The highest BCUT2D eigenvalue weighted by molar-refractivity contribution is 4.96. The third kappa shape index (κ3) is 2.66. The van der Waals surface area contributed by atoms with E-state index in [1.807, 2.05) is 0 Å². The van der Waals surface area contributed by atoms with Gasteiger partial charge in [0.2, 0.25) is 6.39 Å². The number of hydrogen-bond acceptors (Lipinski definition) is 5. The fraction of sp³-hybridized carbons (Fsp3) is 0.833. The molecule has 1 fully saturated rings. The molecule has 17 heavy (non-hydrogen) atoms. The van der Waals surface area contributed by atoms with Crippen LogP contribution in [0.25, 0.3) is 0 Å². The molecule has 0 spiro atoms. The van der Waals surface area contributed by atoms with Crippen molar-refractivity contribution in [3.05, 3.63) is 12.2 Å². The Hall–Kier alpha value is -0.940. The maximum absolute atomic E-state index is 4.79. The second kappa shape index (κ2) is 5.14. The fourth-order valence-electron chi connectivity index (χ4n) is 2.47. The highest BCUT2D eigenvalue weighted by Gasteiger charge is 2.35. The second-order valence-corrected chi connectivity index (χ2v) is 4.97. The Kier molecular flexibility index (Phi) is 3.79. The normalized spacial score (nSPS) is 25.0. The molecule has 2 heterocycles. The van der Waals surface area contributed by atoms with E-state index in [1.165, 1.54) is 6.39 Å².